The average Bonchev–Trinajstić information content (AvgIpc) is 2.69. The molecule has 0 spiro atoms. The maximum Gasteiger partial charge on any atom is 0.0385 e. The maximum absolute atomic E-state index is 8.19. The van der Waals surface area contributed by atoms with Crippen LogP contribution in [0, 0.1) is 0 Å². The number of azide groups is 1. The third-order valence-electron chi connectivity index (χ3n) is 3.16. The number of rotatable bonds is 6. The van der Waals surface area contributed by atoms with Gasteiger partial charge in [0.1, 0.15) is 0 Å². The van der Waals surface area contributed by atoms with Crippen LogP contribution in [0.2, 0.25) is 0 Å². The molecule has 1 rings (SSSR count). The van der Waals surface area contributed by atoms with E-state index in [9.17, 15) is 0 Å². The van der Waals surface area contributed by atoms with Crippen LogP contribution in [-0.4, -0.2) is 55.1 Å². The summed E-state index contributed by atoms with van der Waals surface area (Å²) in [7, 11) is 0. The molecule has 1 heterocycles. The van der Waals surface area contributed by atoms with Crippen LogP contribution in [0.3, 0.4) is 0 Å². The minimum atomic E-state index is 0.599. The predicted molar refractivity (Wildman–Crippen MR) is 61.8 cm³/mol. The van der Waals surface area contributed by atoms with Gasteiger partial charge in [0.05, 0.1) is 0 Å². The maximum atomic E-state index is 8.19. The fourth-order valence-corrected chi connectivity index (χ4v) is 2.28. The monoisotopic (exact) mass is 211 g/mol. The molecule has 0 radical (unpaired) electrons. The second-order valence-corrected chi connectivity index (χ2v) is 3.92. The molecular weight excluding hydrogens is 190 g/mol. The molecule has 1 unspecified atom stereocenters. The molecule has 5 nitrogen and oxygen atoms in total. The third kappa shape index (κ3) is 3.70. The van der Waals surface area contributed by atoms with Gasteiger partial charge in [0.2, 0.25) is 0 Å². The van der Waals surface area contributed by atoms with Gasteiger partial charge in [0.15, 0.2) is 0 Å². The highest BCUT2D eigenvalue weighted by Crippen LogP contribution is 2.14. The molecule has 0 N–H and O–H groups in total. The van der Waals surface area contributed by atoms with Crippen LogP contribution >= 0.6 is 0 Å². The van der Waals surface area contributed by atoms with Gasteiger partial charge in [-0.3, -0.25) is 4.90 Å². The molecule has 0 aromatic carbocycles. The number of nitrogens with zero attached hydrogens (tertiary/aromatic N) is 5. The van der Waals surface area contributed by atoms with Crippen molar-refractivity contribution in [3.63, 3.8) is 0 Å². The van der Waals surface area contributed by atoms with E-state index in [1.165, 1.54) is 6.42 Å². The minimum Gasteiger partial charge on any atom is -0.302 e. The molecule has 86 valence electrons. The van der Waals surface area contributed by atoms with Crippen molar-refractivity contribution in [2.24, 2.45) is 5.11 Å². The summed E-state index contributed by atoms with van der Waals surface area (Å²) in [5.74, 6) is 0. The van der Waals surface area contributed by atoms with E-state index in [1.807, 2.05) is 0 Å². The van der Waals surface area contributed by atoms with E-state index in [2.05, 4.69) is 33.7 Å². The van der Waals surface area contributed by atoms with E-state index >= 15 is 0 Å². The first-order valence-corrected chi connectivity index (χ1v) is 5.79. The Balaban J connectivity index is 2.28. The Bertz CT molecular complexity index is 220. The van der Waals surface area contributed by atoms with Crippen LogP contribution in [0.4, 0.5) is 0 Å². The van der Waals surface area contributed by atoms with Gasteiger partial charge in [-0.1, -0.05) is 19.0 Å². The third-order valence-corrected chi connectivity index (χ3v) is 3.16. The Hall–Kier alpha value is -0.770. The van der Waals surface area contributed by atoms with Crippen molar-refractivity contribution in [2.45, 2.75) is 26.3 Å². The van der Waals surface area contributed by atoms with Crippen LogP contribution in [-0.2, 0) is 0 Å². The van der Waals surface area contributed by atoms with E-state index in [0.29, 0.717) is 12.6 Å². The Kier molecular flexibility index (Phi) is 5.47. The van der Waals surface area contributed by atoms with E-state index in [4.69, 9.17) is 5.53 Å². The molecule has 1 saturated heterocycles. The summed E-state index contributed by atoms with van der Waals surface area (Å²) in [6.07, 6.45) is 1.25. The predicted octanol–water partition coefficient (Wildman–Crippen LogP) is 1.71. The summed E-state index contributed by atoms with van der Waals surface area (Å²) in [4.78, 5) is 7.67. The summed E-state index contributed by atoms with van der Waals surface area (Å²) >= 11 is 0. The lowest BCUT2D eigenvalue weighted by molar-refractivity contribution is 0.212. The lowest BCUT2D eigenvalue weighted by Crippen LogP contribution is -2.37. The van der Waals surface area contributed by atoms with E-state index in [0.717, 1.165) is 32.7 Å². The summed E-state index contributed by atoms with van der Waals surface area (Å²) < 4.78 is 0. The number of hydrogen-bond donors (Lipinski definition) is 0. The molecule has 15 heavy (non-hydrogen) atoms. The molecular formula is C10H21N5. The van der Waals surface area contributed by atoms with Crippen molar-refractivity contribution < 1.29 is 0 Å². The normalized spacial score (nSPS) is 21.9. The van der Waals surface area contributed by atoms with Crippen molar-refractivity contribution in [3.05, 3.63) is 10.4 Å². The highest BCUT2D eigenvalue weighted by atomic mass is 15.3. The summed E-state index contributed by atoms with van der Waals surface area (Å²) in [5.41, 5.74) is 8.19. The molecule has 0 aromatic heterocycles. The van der Waals surface area contributed by atoms with Gasteiger partial charge in [0.25, 0.3) is 0 Å². The molecule has 0 saturated carbocycles. The van der Waals surface area contributed by atoms with Gasteiger partial charge < -0.3 is 4.90 Å². The Morgan fingerprint density at radius 2 is 2.20 bits per heavy atom. The molecule has 0 aromatic rings. The van der Waals surface area contributed by atoms with Gasteiger partial charge >= 0.3 is 0 Å². The van der Waals surface area contributed by atoms with Crippen LogP contribution < -0.4 is 0 Å². The lowest BCUT2D eigenvalue weighted by Gasteiger charge is -2.26. The second kappa shape index (κ2) is 6.67. The fraction of sp³-hybridized carbons (Fsp3) is 1.00. The molecule has 0 aliphatic carbocycles. The fourth-order valence-electron chi connectivity index (χ4n) is 2.28. The van der Waals surface area contributed by atoms with Crippen molar-refractivity contribution >= 4 is 0 Å². The second-order valence-electron chi connectivity index (χ2n) is 3.92. The Labute approximate surface area is 91.7 Å². The first kappa shape index (κ1) is 12.3. The molecule has 1 fully saturated rings. The lowest BCUT2D eigenvalue weighted by atomic mass is 10.2. The van der Waals surface area contributed by atoms with Crippen molar-refractivity contribution in [2.75, 3.05) is 39.3 Å². The number of likely N-dealkylation sites (tertiary alicyclic amines) is 1. The van der Waals surface area contributed by atoms with Crippen molar-refractivity contribution in [1.82, 2.24) is 9.80 Å². The SMILES string of the molecule is CCN(CC)C1CCN(CCN=[N+]=[N-])C1. The van der Waals surface area contributed by atoms with Crippen LogP contribution in [0.1, 0.15) is 20.3 Å². The Morgan fingerprint density at radius 1 is 1.47 bits per heavy atom. The molecule has 1 aliphatic heterocycles. The minimum absolute atomic E-state index is 0.599. The average molecular weight is 211 g/mol. The van der Waals surface area contributed by atoms with Gasteiger partial charge in [-0.2, -0.15) is 0 Å². The summed E-state index contributed by atoms with van der Waals surface area (Å²) in [6, 6.07) is 0.700. The molecule has 1 atom stereocenters. The largest absolute Gasteiger partial charge is 0.302 e. The van der Waals surface area contributed by atoms with Gasteiger partial charge in [-0.15, -0.1) is 0 Å². The van der Waals surface area contributed by atoms with Gasteiger partial charge in [-0.25, -0.2) is 0 Å². The smallest absolute Gasteiger partial charge is 0.0385 e. The molecule has 0 bridgehead atoms. The molecule has 0 amide bonds. The Morgan fingerprint density at radius 3 is 2.80 bits per heavy atom. The molecule has 1 aliphatic rings. The van der Waals surface area contributed by atoms with Crippen LogP contribution in [0.15, 0.2) is 5.11 Å². The zero-order chi connectivity index (χ0) is 11.1. The first-order valence-electron chi connectivity index (χ1n) is 5.79. The van der Waals surface area contributed by atoms with Gasteiger partial charge in [0, 0.05) is 30.6 Å². The van der Waals surface area contributed by atoms with Crippen molar-refractivity contribution in [3.8, 4) is 0 Å². The van der Waals surface area contributed by atoms with E-state index in [-0.39, 0.29) is 0 Å². The van der Waals surface area contributed by atoms with Crippen LogP contribution in [0.25, 0.3) is 10.4 Å². The number of hydrogen-bond acceptors (Lipinski definition) is 3. The van der Waals surface area contributed by atoms with E-state index < -0.39 is 0 Å². The van der Waals surface area contributed by atoms with E-state index in [1.54, 1.807) is 0 Å². The van der Waals surface area contributed by atoms with Crippen molar-refractivity contribution in [1.29, 1.82) is 0 Å². The first-order chi connectivity index (χ1) is 7.31. The zero-order valence-corrected chi connectivity index (χ0v) is 9.76. The topological polar surface area (TPSA) is 55.2 Å². The molecule has 5 heteroatoms. The van der Waals surface area contributed by atoms with Gasteiger partial charge in [-0.05, 0) is 31.6 Å². The number of likely N-dealkylation sites (N-methyl/N-ethyl adjacent to an activating group) is 1. The standard InChI is InChI=1S/C10H21N5/c1-3-15(4-2)10-5-7-14(9-10)8-6-12-13-11/h10H,3-9H2,1-2H3. The zero-order valence-electron chi connectivity index (χ0n) is 9.76. The highest BCUT2D eigenvalue weighted by Gasteiger charge is 2.25. The summed E-state index contributed by atoms with van der Waals surface area (Å²) in [6.45, 7) is 10.5. The summed E-state index contributed by atoms with van der Waals surface area (Å²) in [5, 5.41) is 3.57. The van der Waals surface area contributed by atoms with Crippen LogP contribution in [0.5, 0.6) is 0 Å². The highest BCUT2D eigenvalue weighted by molar-refractivity contribution is 4.82. The quantitative estimate of drug-likeness (QED) is 0.381.